The first-order chi connectivity index (χ1) is 10.2. The molecule has 0 atom stereocenters. The minimum absolute atomic E-state index is 0.192. The molecule has 0 unspecified atom stereocenters. The Hall–Kier alpha value is -2.62. The molecule has 4 heteroatoms. The maximum absolute atomic E-state index is 13.2. The molecule has 0 radical (unpaired) electrons. The lowest BCUT2D eigenvalue weighted by Crippen LogP contribution is -2.00. The van der Waals surface area contributed by atoms with Gasteiger partial charge in [0.2, 0.25) is 5.78 Å². The number of nitrogens with one attached hydrogen (secondary N) is 1. The van der Waals surface area contributed by atoms with Gasteiger partial charge in [0, 0.05) is 23.2 Å². The van der Waals surface area contributed by atoms with Crippen LogP contribution in [0.2, 0.25) is 0 Å². The fourth-order valence-electron chi connectivity index (χ4n) is 2.70. The van der Waals surface area contributed by atoms with Gasteiger partial charge < -0.3 is 9.73 Å². The Labute approximate surface area is 120 Å². The molecule has 1 aliphatic rings. The highest BCUT2D eigenvalue weighted by Gasteiger charge is 2.18. The van der Waals surface area contributed by atoms with E-state index in [0.29, 0.717) is 16.5 Å². The topological polar surface area (TPSA) is 42.2 Å². The summed E-state index contributed by atoms with van der Waals surface area (Å²) in [5, 5.41) is 3.84. The van der Waals surface area contributed by atoms with Crippen molar-refractivity contribution in [2.75, 3.05) is 11.9 Å². The predicted molar refractivity (Wildman–Crippen MR) is 78.2 cm³/mol. The lowest BCUT2D eigenvalue weighted by Gasteiger charge is -2.02. The van der Waals surface area contributed by atoms with Crippen molar-refractivity contribution in [1.29, 1.82) is 0 Å². The number of hydrogen-bond donors (Lipinski definition) is 1. The van der Waals surface area contributed by atoms with Crippen LogP contribution in [0.1, 0.15) is 21.7 Å². The van der Waals surface area contributed by atoms with E-state index in [0.717, 1.165) is 18.7 Å². The molecule has 1 aliphatic heterocycles. The second-order valence-electron chi connectivity index (χ2n) is 5.17. The fraction of sp³-hybridized carbons (Fsp3) is 0.118. The number of anilines is 1. The third kappa shape index (κ3) is 2.00. The summed E-state index contributed by atoms with van der Waals surface area (Å²) in [5.41, 5.74) is 3.31. The Bertz CT molecular complexity index is 866. The standard InChI is InChI=1S/C17H12FNO2/c18-13-3-4-15-12(7-13)9-16(21-15)17(20)11-2-1-10-5-6-19-14(10)8-11/h1-4,7-9,19H,5-6H2. The average Bonchev–Trinajstić information content (AvgIpc) is 3.11. The summed E-state index contributed by atoms with van der Waals surface area (Å²) in [6.07, 6.45) is 0.980. The molecule has 0 aliphatic carbocycles. The molecule has 104 valence electrons. The Morgan fingerprint density at radius 3 is 2.95 bits per heavy atom. The lowest BCUT2D eigenvalue weighted by atomic mass is 10.0. The highest BCUT2D eigenvalue weighted by molar-refractivity contribution is 6.09. The van der Waals surface area contributed by atoms with Gasteiger partial charge in [-0.25, -0.2) is 4.39 Å². The molecule has 3 nitrogen and oxygen atoms in total. The van der Waals surface area contributed by atoms with Gasteiger partial charge in [-0.3, -0.25) is 4.79 Å². The predicted octanol–water partition coefficient (Wildman–Crippen LogP) is 3.77. The Balaban J connectivity index is 1.75. The van der Waals surface area contributed by atoms with Gasteiger partial charge >= 0.3 is 0 Å². The lowest BCUT2D eigenvalue weighted by molar-refractivity contribution is 0.101. The molecule has 0 bridgehead atoms. The highest BCUT2D eigenvalue weighted by atomic mass is 19.1. The summed E-state index contributed by atoms with van der Waals surface area (Å²) in [6.45, 7) is 0.900. The van der Waals surface area contributed by atoms with Crippen molar-refractivity contribution in [1.82, 2.24) is 0 Å². The summed E-state index contributed by atoms with van der Waals surface area (Å²) in [5.74, 6) is -0.305. The Morgan fingerprint density at radius 1 is 1.14 bits per heavy atom. The molecule has 0 amide bonds. The zero-order valence-corrected chi connectivity index (χ0v) is 11.2. The van der Waals surface area contributed by atoms with Gasteiger partial charge in [0.05, 0.1) is 0 Å². The molecular weight excluding hydrogens is 269 g/mol. The first-order valence-corrected chi connectivity index (χ1v) is 6.81. The van der Waals surface area contributed by atoms with Gasteiger partial charge in [-0.05, 0) is 42.3 Å². The molecule has 0 spiro atoms. The molecule has 0 saturated heterocycles. The molecule has 21 heavy (non-hydrogen) atoms. The first-order valence-electron chi connectivity index (χ1n) is 6.81. The third-order valence-electron chi connectivity index (χ3n) is 3.78. The Morgan fingerprint density at radius 2 is 2.05 bits per heavy atom. The zero-order valence-electron chi connectivity index (χ0n) is 11.2. The van der Waals surface area contributed by atoms with Gasteiger partial charge in [0.25, 0.3) is 0 Å². The van der Waals surface area contributed by atoms with Crippen molar-refractivity contribution in [3.8, 4) is 0 Å². The monoisotopic (exact) mass is 281 g/mol. The molecule has 2 aromatic carbocycles. The number of carbonyl (C=O) groups is 1. The number of furan rings is 1. The first kappa shape index (κ1) is 12.1. The van der Waals surface area contributed by atoms with Crippen LogP contribution in [-0.4, -0.2) is 12.3 Å². The summed E-state index contributed by atoms with van der Waals surface area (Å²) in [7, 11) is 0. The van der Waals surface area contributed by atoms with Crippen LogP contribution in [0.5, 0.6) is 0 Å². The van der Waals surface area contributed by atoms with E-state index < -0.39 is 0 Å². The smallest absolute Gasteiger partial charge is 0.228 e. The summed E-state index contributed by atoms with van der Waals surface area (Å²) in [6, 6.07) is 11.4. The van der Waals surface area contributed by atoms with Crippen LogP contribution in [0.3, 0.4) is 0 Å². The maximum Gasteiger partial charge on any atom is 0.228 e. The van der Waals surface area contributed by atoms with Gasteiger partial charge in [0.15, 0.2) is 5.76 Å². The minimum Gasteiger partial charge on any atom is -0.453 e. The van der Waals surface area contributed by atoms with Crippen LogP contribution in [0.4, 0.5) is 10.1 Å². The summed E-state index contributed by atoms with van der Waals surface area (Å²) in [4.78, 5) is 12.5. The molecule has 0 saturated carbocycles. The molecule has 1 aromatic heterocycles. The largest absolute Gasteiger partial charge is 0.453 e. The van der Waals surface area contributed by atoms with Crippen molar-refractivity contribution < 1.29 is 13.6 Å². The molecule has 4 rings (SSSR count). The van der Waals surface area contributed by atoms with Gasteiger partial charge in [-0.2, -0.15) is 0 Å². The van der Waals surface area contributed by atoms with Crippen molar-refractivity contribution in [2.24, 2.45) is 0 Å². The van der Waals surface area contributed by atoms with E-state index in [-0.39, 0.29) is 17.4 Å². The van der Waals surface area contributed by atoms with Crippen LogP contribution >= 0.6 is 0 Å². The number of halogens is 1. The number of rotatable bonds is 2. The van der Waals surface area contributed by atoms with Gasteiger partial charge in [-0.15, -0.1) is 0 Å². The second kappa shape index (κ2) is 4.45. The quantitative estimate of drug-likeness (QED) is 0.727. The van der Waals surface area contributed by atoms with Crippen LogP contribution in [-0.2, 0) is 6.42 Å². The number of benzene rings is 2. The van der Waals surface area contributed by atoms with Crippen LogP contribution in [0, 0.1) is 5.82 Å². The maximum atomic E-state index is 13.2. The second-order valence-corrected chi connectivity index (χ2v) is 5.17. The number of ketones is 1. The normalized spacial score (nSPS) is 13.2. The van der Waals surface area contributed by atoms with E-state index in [1.807, 2.05) is 18.2 Å². The third-order valence-corrected chi connectivity index (χ3v) is 3.78. The van der Waals surface area contributed by atoms with Crippen LogP contribution < -0.4 is 5.32 Å². The number of hydrogen-bond acceptors (Lipinski definition) is 3. The Kier molecular flexibility index (Phi) is 2.57. The van der Waals surface area contributed by atoms with Crippen molar-refractivity contribution in [3.63, 3.8) is 0 Å². The van der Waals surface area contributed by atoms with E-state index in [2.05, 4.69) is 5.32 Å². The van der Waals surface area contributed by atoms with Crippen LogP contribution in [0.25, 0.3) is 11.0 Å². The molecule has 3 aromatic rings. The average molecular weight is 281 g/mol. The molecular formula is C17H12FNO2. The number of fused-ring (bicyclic) bond motifs is 2. The zero-order chi connectivity index (χ0) is 14.4. The van der Waals surface area contributed by atoms with Crippen molar-refractivity contribution >= 4 is 22.4 Å². The molecule has 1 N–H and O–H groups in total. The van der Waals surface area contributed by atoms with Gasteiger partial charge in [0.1, 0.15) is 11.4 Å². The van der Waals surface area contributed by atoms with E-state index in [1.165, 1.54) is 23.8 Å². The van der Waals surface area contributed by atoms with E-state index >= 15 is 0 Å². The van der Waals surface area contributed by atoms with E-state index in [9.17, 15) is 9.18 Å². The molecule has 0 fully saturated rings. The van der Waals surface area contributed by atoms with E-state index in [4.69, 9.17) is 4.42 Å². The van der Waals surface area contributed by atoms with Crippen molar-refractivity contribution in [3.05, 3.63) is 65.2 Å². The molecule has 2 heterocycles. The minimum atomic E-state index is -0.343. The van der Waals surface area contributed by atoms with E-state index in [1.54, 1.807) is 6.07 Å². The fourth-order valence-corrected chi connectivity index (χ4v) is 2.70. The van der Waals surface area contributed by atoms with Crippen molar-refractivity contribution in [2.45, 2.75) is 6.42 Å². The SMILES string of the molecule is O=C(c1ccc2c(c1)NCC2)c1cc2cc(F)ccc2o1. The number of carbonyl (C=O) groups excluding carboxylic acids is 1. The van der Waals surface area contributed by atoms with Gasteiger partial charge in [-0.1, -0.05) is 12.1 Å². The summed E-state index contributed by atoms with van der Waals surface area (Å²) >= 11 is 0. The summed E-state index contributed by atoms with van der Waals surface area (Å²) < 4.78 is 18.7. The van der Waals surface area contributed by atoms with Crippen LogP contribution in [0.15, 0.2) is 46.9 Å². The highest BCUT2D eigenvalue weighted by Crippen LogP contribution is 2.26.